The monoisotopic (exact) mass is 243 g/mol. The molecule has 94 valence electrons. The molecule has 2 rings (SSSR count). The summed E-state index contributed by atoms with van der Waals surface area (Å²) in [7, 11) is 2.06. The number of likely N-dealkylation sites (N-methyl/N-ethyl adjacent to an activating group) is 1. The lowest BCUT2D eigenvalue weighted by Gasteiger charge is -2.31. The summed E-state index contributed by atoms with van der Waals surface area (Å²) in [5.41, 5.74) is 2.60. The van der Waals surface area contributed by atoms with Crippen molar-refractivity contribution in [2.24, 2.45) is 0 Å². The van der Waals surface area contributed by atoms with E-state index in [-0.39, 0.29) is 0 Å². The Morgan fingerprint density at radius 1 is 1.56 bits per heavy atom. The molecule has 0 heterocycles. The van der Waals surface area contributed by atoms with Crippen LogP contribution < -0.4 is 4.74 Å². The van der Waals surface area contributed by atoms with Crippen molar-refractivity contribution >= 4 is 6.47 Å². The quantitative estimate of drug-likeness (QED) is 0.595. The molecule has 0 saturated carbocycles. The van der Waals surface area contributed by atoms with Crippen LogP contribution in [0, 0.1) is 12.3 Å². The number of fused-ring (bicyclic) bond motifs is 1. The molecule has 1 unspecified atom stereocenters. The van der Waals surface area contributed by atoms with Crippen molar-refractivity contribution in [3.05, 3.63) is 29.3 Å². The van der Waals surface area contributed by atoms with Gasteiger partial charge < -0.3 is 4.74 Å². The van der Waals surface area contributed by atoms with Crippen LogP contribution in [0.3, 0.4) is 0 Å². The smallest absolute Gasteiger partial charge is 0.298 e. The molecule has 1 aliphatic carbocycles. The van der Waals surface area contributed by atoms with E-state index >= 15 is 0 Å². The lowest BCUT2D eigenvalue weighted by Crippen LogP contribution is -2.36. The Labute approximate surface area is 108 Å². The summed E-state index contributed by atoms with van der Waals surface area (Å²) in [5.74, 6) is 3.29. The second-order valence-electron chi connectivity index (χ2n) is 4.66. The number of carbonyl (C=O) groups excluding carboxylic acids is 1. The van der Waals surface area contributed by atoms with Crippen LogP contribution in [0.1, 0.15) is 17.5 Å². The van der Waals surface area contributed by atoms with Gasteiger partial charge >= 0.3 is 0 Å². The fraction of sp³-hybridized carbons (Fsp3) is 0.400. The van der Waals surface area contributed by atoms with E-state index in [9.17, 15) is 4.79 Å². The van der Waals surface area contributed by atoms with Crippen LogP contribution in [0.4, 0.5) is 0 Å². The van der Waals surface area contributed by atoms with Gasteiger partial charge in [-0.2, -0.15) is 0 Å². The minimum atomic E-state index is 0.465. The van der Waals surface area contributed by atoms with Crippen LogP contribution >= 0.6 is 0 Å². The van der Waals surface area contributed by atoms with E-state index in [1.54, 1.807) is 0 Å². The number of hydrogen-bond donors (Lipinski definition) is 0. The van der Waals surface area contributed by atoms with Crippen molar-refractivity contribution in [2.75, 3.05) is 13.6 Å². The van der Waals surface area contributed by atoms with E-state index in [1.165, 1.54) is 11.1 Å². The molecule has 1 aromatic rings. The molecule has 3 nitrogen and oxygen atoms in total. The normalized spacial score (nSPS) is 17.9. The second kappa shape index (κ2) is 5.70. The molecule has 1 atom stereocenters. The maximum Gasteiger partial charge on any atom is 0.298 e. The van der Waals surface area contributed by atoms with Gasteiger partial charge in [0, 0.05) is 6.04 Å². The topological polar surface area (TPSA) is 29.5 Å². The van der Waals surface area contributed by atoms with Gasteiger partial charge in [0.1, 0.15) is 5.75 Å². The molecular weight excluding hydrogens is 226 g/mol. The van der Waals surface area contributed by atoms with Gasteiger partial charge in [-0.1, -0.05) is 12.0 Å². The lowest BCUT2D eigenvalue weighted by molar-refractivity contribution is -0.120. The molecule has 0 spiro atoms. The Morgan fingerprint density at radius 2 is 2.39 bits per heavy atom. The van der Waals surface area contributed by atoms with Crippen LogP contribution in [0.5, 0.6) is 5.75 Å². The van der Waals surface area contributed by atoms with Crippen molar-refractivity contribution in [3.63, 3.8) is 0 Å². The summed E-state index contributed by atoms with van der Waals surface area (Å²) in [6.07, 6.45) is 8.48. The Morgan fingerprint density at radius 3 is 3.11 bits per heavy atom. The standard InChI is InChI=1S/C15H17NO2/c1-3-8-16(2)14-6-4-12-5-7-15(18-11-17)10-13(12)9-14/h1,5,7,10-11,14H,4,6,8-9H2,2H3. The van der Waals surface area contributed by atoms with Gasteiger partial charge in [-0.15, -0.1) is 6.42 Å². The molecule has 1 aromatic carbocycles. The highest BCUT2D eigenvalue weighted by Gasteiger charge is 2.21. The van der Waals surface area contributed by atoms with E-state index < -0.39 is 0 Å². The molecule has 3 heteroatoms. The SMILES string of the molecule is C#CCN(C)C1CCc2ccc(OC=O)cc2C1. The average molecular weight is 243 g/mol. The van der Waals surface area contributed by atoms with Crippen LogP contribution in [0.15, 0.2) is 18.2 Å². The van der Waals surface area contributed by atoms with Gasteiger partial charge in [0.2, 0.25) is 0 Å². The molecule has 0 radical (unpaired) electrons. The van der Waals surface area contributed by atoms with Gasteiger partial charge in [-0.05, 0) is 49.6 Å². The summed E-state index contributed by atoms with van der Waals surface area (Å²) >= 11 is 0. The first-order chi connectivity index (χ1) is 8.74. The van der Waals surface area contributed by atoms with Crippen LogP contribution in [-0.4, -0.2) is 31.0 Å². The first kappa shape index (κ1) is 12.7. The molecule has 18 heavy (non-hydrogen) atoms. The van der Waals surface area contributed by atoms with Crippen molar-refractivity contribution in [1.82, 2.24) is 4.90 Å². The van der Waals surface area contributed by atoms with Crippen molar-refractivity contribution < 1.29 is 9.53 Å². The fourth-order valence-corrected chi connectivity index (χ4v) is 2.49. The summed E-state index contributed by atoms with van der Waals surface area (Å²) in [5, 5.41) is 0. The zero-order chi connectivity index (χ0) is 13.0. The number of rotatable bonds is 4. The zero-order valence-corrected chi connectivity index (χ0v) is 10.6. The molecule has 0 N–H and O–H groups in total. The maximum absolute atomic E-state index is 10.3. The van der Waals surface area contributed by atoms with Crippen LogP contribution in [0.2, 0.25) is 0 Å². The van der Waals surface area contributed by atoms with E-state index in [2.05, 4.69) is 17.9 Å². The number of aryl methyl sites for hydroxylation is 1. The van der Waals surface area contributed by atoms with Gasteiger partial charge in [-0.3, -0.25) is 9.69 Å². The highest BCUT2D eigenvalue weighted by atomic mass is 16.5. The first-order valence-corrected chi connectivity index (χ1v) is 6.10. The van der Waals surface area contributed by atoms with E-state index in [0.29, 0.717) is 24.8 Å². The van der Waals surface area contributed by atoms with E-state index in [4.69, 9.17) is 11.2 Å². The summed E-state index contributed by atoms with van der Waals surface area (Å²) in [6.45, 7) is 1.14. The summed E-state index contributed by atoms with van der Waals surface area (Å²) < 4.78 is 4.89. The number of nitrogens with zero attached hydrogens (tertiary/aromatic N) is 1. The minimum Gasteiger partial charge on any atom is -0.429 e. The van der Waals surface area contributed by atoms with Crippen LogP contribution in [-0.2, 0) is 17.6 Å². The van der Waals surface area contributed by atoms with Crippen LogP contribution in [0.25, 0.3) is 0 Å². The third-order valence-corrected chi connectivity index (χ3v) is 3.53. The molecule has 0 fully saturated rings. The largest absolute Gasteiger partial charge is 0.429 e. The highest BCUT2D eigenvalue weighted by molar-refractivity contribution is 5.47. The Kier molecular flexibility index (Phi) is 4.01. The predicted molar refractivity (Wildman–Crippen MR) is 70.4 cm³/mol. The minimum absolute atomic E-state index is 0.465. The lowest BCUT2D eigenvalue weighted by atomic mass is 9.87. The Hall–Kier alpha value is -1.79. The summed E-state index contributed by atoms with van der Waals surface area (Å²) in [6, 6.07) is 6.32. The summed E-state index contributed by atoms with van der Waals surface area (Å²) in [4.78, 5) is 12.6. The number of hydrogen-bond acceptors (Lipinski definition) is 3. The van der Waals surface area contributed by atoms with Gasteiger partial charge in [0.25, 0.3) is 6.47 Å². The maximum atomic E-state index is 10.3. The van der Waals surface area contributed by atoms with Crippen molar-refractivity contribution in [2.45, 2.75) is 25.3 Å². The number of ether oxygens (including phenoxy) is 1. The van der Waals surface area contributed by atoms with E-state index in [0.717, 1.165) is 19.3 Å². The molecule has 0 amide bonds. The second-order valence-corrected chi connectivity index (χ2v) is 4.66. The Bertz CT molecular complexity index is 476. The molecule has 1 aliphatic rings. The number of benzene rings is 1. The zero-order valence-electron chi connectivity index (χ0n) is 10.6. The fourth-order valence-electron chi connectivity index (χ4n) is 2.49. The first-order valence-electron chi connectivity index (χ1n) is 6.10. The molecule has 0 aliphatic heterocycles. The third-order valence-electron chi connectivity index (χ3n) is 3.53. The molecular formula is C15H17NO2. The molecule has 0 saturated heterocycles. The predicted octanol–water partition coefficient (Wildman–Crippen LogP) is 1.64. The molecule has 0 bridgehead atoms. The van der Waals surface area contributed by atoms with Crippen molar-refractivity contribution in [1.29, 1.82) is 0 Å². The highest BCUT2D eigenvalue weighted by Crippen LogP contribution is 2.27. The van der Waals surface area contributed by atoms with Gasteiger partial charge in [0.15, 0.2) is 0 Å². The van der Waals surface area contributed by atoms with Crippen molar-refractivity contribution in [3.8, 4) is 18.1 Å². The van der Waals surface area contributed by atoms with E-state index in [1.807, 2.05) is 18.2 Å². The average Bonchev–Trinajstić information content (AvgIpc) is 2.38. The third kappa shape index (κ3) is 2.72. The molecule has 0 aromatic heterocycles. The number of terminal acetylenes is 1. The Balaban J connectivity index is 2.14. The number of carbonyl (C=O) groups is 1. The van der Waals surface area contributed by atoms with Gasteiger partial charge in [0.05, 0.1) is 6.54 Å². The van der Waals surface area contributed by atoms with Gasteiger partial charge in [-0.25, -0.2) is 0 Å².